The molecule has 50 heavy (non-hydrogen) atoms. The summed E-state index contributed by atoms with van der Waals surface area (Å²) < 4.78 is 5.47. The molecule has 2 aromatic heterocycles. The van der Waals surface area contributed by atoms with E-state index in [1.165, 1.54) is 89.5 Å². The molecule has 3 aliphatic heterocycles. The molecule has 1 atom stereocenters. The van der Waals surface area contributed by atoms with Crippen molar-refractivity contribution in [2.24, 2.45) is 0 Å². The minimum Gasteiger partial charge on any atom is -0.0622 e. The van der Waals surface area contributed by atoms with E-state index < -0.39 is 5.41 Å². The Labute approximate surface area is 290 Å². The van der Waals surface area contributed by atoms with E-state index in [2.05, 4.69) is 192 Å². The van der Waals surface area contributed by atoms with E-state index >= 15 is 0 Å². The van der Waals surface area contributed by atoms with E-state index in [1.807, 2.05) is 0 Å². The standard InChI is InChI=1S/C47H30N3/c1-3-14-31(15-4-1)33-25-27-49-44(30-33)38-28-34(32-16-5-2-6-17-32)29-42-46(38)50(49)45-37(43-24-11-12-26-48(43)50)20-13-23-41(45)47(42)39-21-9-7-18-35(39)36-19-8-10-22-40(36)47/h1-30H/q+3. The Morgan fingerprint density at radius 3 is 1.66 bits per heavy atom. The average molecular weight is 637 g/mol. The van der Waals surface area contributed by atoms with Crippen LogP contribution in [0.5, 0.6) is 0 Å². The fourth-order valence-electron chi connectivity index (χ4n) is 9.90. The monoisotopic (exact) mass is 636 g/mol. The summed E-state index contributed by atoms with van der Waals surface area (Å²) in [4.78, 5) is 0. The van der Waals surface area contributed by atoms with Gasteiger partial charge in [0.2, 0.25) is 12.4 Å². The summed E-state index contributed by atoms with van der Waals surface area (Å²) in [6.45, 7) is 0. The Kier molecular flexibility index (Phi) is 4.87. The van der Waals surface area contributed by atoms with Crippen molar-refractivity contribution in [3.05, 3.63) is 205 Å². The fraction of sp³-hybridized carbons (Fsp3) is 0.0213. The highest BCUT2D eigenvalue weighted by molar-refractivity contribution is 6.00. The van der Waals surface area contributed by atoms with E-state index in [-0.39, 0.29) is 0 Å². The second kappa shape index (κ2) is 9.17. The molecule has 0 amide bonds. The Morgan fingerprint density at radius 1 is 0.340 bits per heavy atom. The molecule has 3 heteroatoms. The molecule has 1 unspecified atom stereocenters. The number of nitrogens with zero attached hydrogens (tertiary/aromatic N) is 3. The number of para-hydroxylation sites is 1. The predicted molar refractivity (Wildman–Crippen MR) is 198 cm³/mol. The van der Waals surface area contributed by atoms with E-state index in [0.717, 1.165) is 0 Å². The Balaban J connectivity index is 1.33. The molecule has 12 rings (SSSR count). The van der Waals surface area contributed by atoms with Gasteiger partial charge in [0.1, 0.15) is 11.1 Å². The number of rotatable bonds is 2. The first-order valence-electron chi connectivity index (χ1n) is 17.4. The molecule has 0 bridgehead atoms. The lowest BCUT2D eigenvalue weighted by Gasteiger charge is -2.39. The molecule has 4 aliphatic rings. The topological polar surface area (TPSA) is 7.76 Å². The molecule has 230 valence electrons. The number of aromatic nitrogens is 2. The molecule has 6 aromatic carbocycles. The van der Waals surface area contributed by atoms with Crippen LogP contribution in [-0.4, -0.2) is 0 Å². The van der Waals surface area contributed by atoms with Crippen molar-refractivity contribution in [1.29, 1.82) is 0 Å². The summed E-state index contributed by atoms with van der Waals surface area (Å²) in [7, 11) is 0. The molecule has 5 heterocycles. The SMILES string of the molecule is c1ccc(-c2cc3c4c(c2)C2(c5ccccc5-c5ccccc52)c2cccc5c2[N+]4([n+]2ccccc2-5)[n+]2ccc(-c4ccccc4)cc2-3)cc1. The van der Waals surface area contributed by atoms with E-state index in [9.17, 15) is 0 Å². The van der Waals surface area contributed by atoms with Crippen molar-refractivity contribution in [3.8, 4) is 55.9 Å². The first-order valence-corrected chi connectivity index (χ1v) is 17.4. The van der Waals surface area contributed by atoms with Crippen LogP contribution in [0.25, 0.3) is 55.9 Å². The van der Waals surface area contributed by atoms with E-state index in [1.54, 1.807) is 0 Å². The van der Waals surface area contributed by atoms with Crippen LogP contribution in [0.2, 0.25) is 0 Å². The minimum absolute atomic E-state index is 0.456. The molecular weight excluding hydrogens is 607 g/mol. The molecule has 0 fully saturated rings. The summed E-state index contributed by atoms with van der Waals surface area (Å²) in [5.74, 6) is 0. The highest BCUT2D eigenvalue weighted by Crippen LogP contribution is 2.68. The zero-order chi connectivity index (χ0) is 32.6. The quantitative estimate of drug-likeness (QED) is 0.132. The number of hydrogen-bond donors (Lipinski definition) is 0. The largest absolute Gasteiger partial charge is 0.287 e. The molecule has 0 radical (unpaired) electrons. The third-order valence-corrected chi connectivity index (χ3v) is 11.7. The minimum atomic E-state index is -0.511. The third kappa shape index (κ3) is 2.90. The van der Waals surface area contributed by atoms with Gasteiger partial charge in [-0.2, -0.15) is 0 Å². The number of quaternary nitrogens is 1. The molecule has 0 N–H and O–H groups in total. The third-order valence-electron chi connectivity index (χ3n) is 11.7. The van der Waals surface area contributed by atoms with Gasteiger partial charge in [-0.05, 0) is 68.8 Å². The number of fused-ring (bicyclic) bond motifs is 11. The number of pyridine rings is 2. The van der Waals surface area contributed by atoms with Gasteiger partial charge in [0.25, 0.3) is 22.8 Å². The highest BCUT2D eigenvalue weighted by atomic mass is 15.9. The van der Waals surface area contributed by atoms with Gasteiger partial charge < -0.3 is 0 Å². The maximum absolute atomic E-state index is 2.52. The van der Waals surface area contributed by atoms with Crippen LogP contribution in [0, 0.1) is 0 Å². The fourth-order valence-corrected chi connectivity index (χ4v) is 9.90. The second-order valence-corrected chi connectivity index (χ2v) is 13.9. The van der Waals surface area contributed by atoms with Crippen molar-refractivity contribution >= 4 is 11.4 Å². The number of benzene rings is 6. The van der Waals surface area contributed by atoms with Gasteiger partial charge in [-0.3, -0.25) is 0 Å². The van der Waals surface area contributed by atoms with Crippen LogP contribution >= 0.6 is 0 Å². The van der Waals surface area contributed by atoms with Crippen molar-refractivity contribution in [2.75, 3.05) is 0 Å². The molecule has 2 spiro atoms. The number of hydrogen-bond acceptors (Lipinski definition) is 0. The van der Waals surface area contributed by atoms with Crippen LogP contribution in [0.1, 0.15) is 22.3 Å². The van der Waals surface area contributed by atoms with Gasteiger partial charge in [-0.25, -0.2) is 0 Å². The molecule has 3 nitrogen and oxygen atoms in total. The van der Waals surface area contributed by atoms with Crippen molar-refractivity contribution < 1.29 is 9.35 Å². The lowest BCUT2D eigenvalue weighted by Crippen LogP contribution is -2.82. The van der Waals surface area contributed by atoms with Gasteiger partial charge in [-0.1, -0.05) is 121 Å². The van der Waals surface area contributed by atoms with E-state index in [4.69, 9.17) is 0 Å². The van der Waals surface area contributed by atoms with Gasteiger partial charge in [0.15, 0.2) is 4.70 Å². The van der Waals surface area contributed by atoms with Gasteiger partial charge >= 0.3 is 0 Å². The second-order valence-electron chi connectivity index (χ2n) is 13.9. The van der Waals surface area contributed by atoms with Crippen LogP contribution in [0.3, 0.4) is 0 Å². The zero-order valence-electron chi connectivity index (χ0n) is 27.2. The lowest BCUT2D eigenvalue weighted by molar-refractivity contribution is -1.02. The lowest BCUT2D eigenvalue weighted by atomic mass is 9.63. The summed E-state index contributed by atoms with van der Waals surface area (Å²) >= 11 is 0. The summed E-state index contributed by atoms with van der Waals surface area (Å²) in [5, 5.41) is 0. The molecule has 0 saturated carbocycles. The summed E-state index contributed by atoms with van der Waals surface area (Å²) in [6, 6.07) is 63.3. The average Bonchev–Trinajstić information content (AvgIpc) is 3.78. The van der Waals surface area contributed by atoms with Gasteiger partial charge in [0, 0.05) is 35.4 Å². The molecule has 8 aromatic rings. The Bertz CT molecular complexity index is 2720. The summed E-state index contributed by atoms with van der Waals surface area (Å²) in [6.07, 6.45) is 4.60. The van der Waals surface area contributed by atoms with Crippen molar-refractivity contribution in [2.45, 2.75) is 5.41 Å². The van der Waals surface area contributed by atoms with Crippen LogP contribution < -0.4 is 14.1 Å². The molecule has 1 aliphatic carbocycles. The van der Waals surface area contributed by atoms with Crippen LogP contribution in [0.4, 0.5) is 11.4 Å². The maximum atomic E-state index is 2.52. The normalized spacial score (nSPS) is 17.0. The Morgan fingerprint density at radius 2 is 0.920 bits per heavy atom. The zero-order valence-corrected chi connectivity index (χ0v) is 27.2. The molecule has 0 saturated heterocycles. The van der Waals surface area contributed by atoms with Crippen LogP contribution in [0.15, 0.2) is 182 Å². The van der Waals surface area contributed by atoms with Crippen LogP contribution in [-0.2, 0) is 5.41 Å². The predicted octanol–water partition coefficient (Wildman–Crippen LogP) is 9.80. The highest BCUT2D eigenvalue weighted by Gasteiger charge is 2.75. The first kappa shape index (κ1) is 26.5. The Hall–Kier alpha value is -6.42. The smallest absolute Gasteiger partial charge is 0.0622 e. The van der Waals surface area contributed by atoms with Gasteiger partial charge in [0.05, 0.1) is 14.8 Å². The van der Waals surface area contributed by atoms with Crippen molar-refractivity contribution in [1.82, 2.24) is 4.70 Å². The maximum Gasteiger partial charge on any atom is 0.287 e. The van der Waals surface area contributed by atoms with Crippen molar-refractivity contribution in [3.63, 3.8) is 0 Å². The van der Waals surface area contributed by atoms with Gasteiger partial charge in [-0.15, -0.1) is 0 Å². The summed E-state index contributed by atoms with van der Waals surface area (Å²) in [5.41, 5.74) is 20.0. The molecular formula is C47H30N3+3. The van der Waals surface area contributed by atoms with E-state index in [0.29, 0.717) is 4.70 Å². The first-order chi connectivity index (χ1) is 24.8.